The van der Waals surface area contributed by atoms with Crippen LogP contribution in [0.3, 0.4) is 0 Å². The van der Waals surface area contributed by atoms with Gasteiger partial charge in [0.05, 0.1) is 24.1 Å². The number of hydrogen-bond donors (Lipinski definition) is 0. The van der Waals surface area contributed by atoms with Crippen LogP contribution in [0.2, 0.25) is 0 Å². The first-order valence-corrected chi connectivity index (χ1v) is 9.21. The molecule has 0 radical (unpaired) electrons. The first-order chi connectivity index (χ1) is 13.1. The number of pyridine rings is 1. The molecule has 27 heavy (non-hydrogen) atoms. The van der Waals surface area contributed by atoms with E-state index < -0.39 is 0 Å². The Balaban J connectivity index is 1.65. The van der Waals surface area contributed by atoms with Crippen LogP contribution in [-0.2, 0) is 0 Å². The SMILES string of the molecule is CC(C)c1nccn1-c1cncc([C@@H]2CCCN2C(=O)c2ccncc2)n1. The normalized spacial score (nSPS) is 16.9. The topological polar surface area (TPSA) is 76.8 Å². The molecule has 1 aliphatic heterocycles. The van der Waals surface area contributed by atoms with Gasteiger partial charge in [0.1, 0.15) is 5.82 Å². The fourth-order valence-corrected chi connectivity index (χ4v) is 3.56. The average molecular weight is 362 g/mol. The molecule has 0 unspecified atom stereocenters. The summed E-state index contributed by atoms with van der Waals surface area (Å²) in [5.74, 6) is 1.97. The number of carbonyl (C=O) groups is 1. The average Bonchev–Trinajstić information content (AvgIpc) is 3.38. The van der Waals surface area contributed by atoms with E-state index >= 15 is 0 Å². The van der Waals surface area contributed by atoms with Crippen molar-refractivity contribution in [1.82, 2.24) is 29.4 Å². The maximum atomic E-state index is 12.9. The molecule has 0 N–H and O–H groups in total. The van der Waals surface area contributed by atoms with Crippen LogP contribution >= 0.6 is 0 Å². The summed E-state index contributed by atoms with van der Waals surface area (Å²) in [6.45, 7) is 4.92. The van der Waals surface area contributed by atoms with Gasteiger partial charge in [0.25, 0.3) is 5.91 Å². The Bertz CT molecular complexity index is 936. The smallest absolute Gasteiger partial charge is 0.254 e. The highest BCUT2D eigenvalue weighted by Crippen LogP contribution is 2.32. The molecule has 7 nitrogen and oxygen atoms in total. The summed E-state index contributed by atoms with van der Waals surface area (Å²) in [6, 6.07) is 3.43. The molecule has 4 heterocycles. The summed E-state index contributed by atoms with van der Waals surface area (Å²) >= 11 is 0. The summed E-state index contributed by atoms with van der Waals surface area (Å²) in [4.78, 5) is 32.4. The molecule has 4 rings (SSSR count). The molecule has 0 spiro atoms. The van der Waals surface area contributed by atoms with E-state index in [1.165, 1.54) is 0 Å². The lowest BCUT2D eigenvalue weighted by molar-refractivity contribution is 0.0732. The van der Waals surface area contributed by atoms with Gasteiger partial charge < -0.3 is 4.90 Å². The van der Waals surface area contributed by atoms with Crippen molar-refractivity contribution in [2.75, 3.05) is 6.54 Å². The number of nitrogens with zero attached hydrogens (tertiary/aromatic N) is 6. The van der Waals surface area contributed by atoms with Crippen LogP contribution in [0.25, 0.3) is 5.82 Å². The molecule has 3 aromatic heterocycles. The Morgan fingerprint density at radius 2 is 1.96 bits per heavy atom. The summed E-state index contributed by atoms with van der Waals surface area (Å²) in [6.07, 6.45) is 12.3. The van der Waals surface area contributed by atoms with Crippen LogP contribution in [-0.4, -0.2) is 41.9 Å². The highest BCUT2D eigenvalue weighted by Gasteiger charge is 2.32. The van der Waals surface area contributed by atoms with Crippen molar-refractivity contribution in [3.63, 3.8) is 0 Å². The third kappa shape index (κ3) is 3.32. The van der Waals surface area contributed by atoms with Gasteiger partial charge in [-0.1, -0.05) is 13.8 Å². The van der Waals surface area contributed by atoms with E-state index in [1.807, 2.05) is 15.7 Å². The number of imidazole rings is 1. The van der Waals surface area contributed by atoms with Crippen molar-refractivity contribution >= 4 is 5.91 Å². The van der Waals surface area contributed by atoms with Crippen molar-refractivity contribution < 1.29 is 4.79 Å². The highest BCUT2D eigenvalue weighted by molar-refractivity contribution is 5.94. The molecule has 138 valence electrons. The third-order valence-electron chi connectivity index (χ3n) is 4.86. The van der Waals surface area contributed by atoms with Gasteiger partial charge in [-0.15, -0.1) is 0 Å². The first kappa shape index (κ1) is 17.3. The second-order valence-electron chi connectivity index (χ2n) is 7.00. The molecule has 1 fully saturated rings. The molecule has 0 aromatic carbocycles. The standard InChI is InChI=1S/C20H22N6O/c1-14(2)19-23-9-11-26(19)18-13-22-12-16(24-18)17-4-3-10-25(17)20(27)15-5-7-21-8-6-15/h5-9,11-14,17H,3-4,10H2,1-2H3/t17-/m0/s1. The molecule has 0 aliphatic carbocycles. The van der Waals surface area contributed by atoms with Gasteiger partial charge in [0, 0.05) is 42.8 Å². The van der Waals surface area contributed by atoms with Crippen LogP contribution in [0.1, 0.15) is 60.5 Å². The molecule has 1 atom stereocenters. The van der Waals surface area contributed by atoms with Gasteiger partial charge in [-0.05, 0) is 25.0 Å². The summed E-state index contributed by atoms with van der Waals surface area (Å²) in [5.41, 5.74) is 1.47. The molecule has 3 aromatic rings. The number of carbonyl (C=O) groups excluding carboxylic acids is 1. The van der Waals surface area contributed by atoms with E-state index in [-0.39, 0.29) is 17.9 Å². The fraction of sp³-hybridized carbons (Fsp3) is 0.350. The summed E-state index contributed by atoms with van der Waals surface area (Å²) < 4.78 is 1.96. The third-order valence-corrected chi connectivity index (χ3v) is 4.86. The molecule has 1 aliphatic rings. The number of hydrogen-bond acceptors (Lipinski definition) is 5. The van der Waals surface area contributed by atoms with E-state index in [9.17, 15) is 4.79 Å². The maximum Gasteiger partial charge on any atom is 0.254 e. The Morgan fingerprint density at radius 3 is 2.74 bits per heavy atom. The second kappa shape index (κ2) is 7.26. The number of aromatic nitrogens is 5. The second-order valence-corrected chi connectivity index (χ2v) is 7.00. The van der Waals surface area contributed by atoms with Gasteiger partial charge >= 0.3 is 0 Å². The number of rotatable bonds is 4. The van der Waals surface area contributed by atoms with Crippen molar-refractivity contribution in [1.29, 1.82) is 0 Å². The maximum absolute atomic E-state index is 12.9. The van der Waals surface area contributed by atoms with Gasteiger partial charge in [-0.3, -0.25) is 19.3 Å². The number of amides is 1. The Hall–Kier alpha value is -3.09. The van der Waals surface area contributed by atoms with Gasteiger partial charge in [-0.2, -0.15) is 0 Å². The Morgan fingerprint density at radius 1 is 1.15 bits per heavy atom. The van der Waals surface area contributed by atoms with Gasteiger partial charge in [0.15, 0.2) is 5.82 Å². The summed E-state index contributed by atoms with van der Waals surface area (Å²) in [5, 5.41) is 0. The zero-order valence-electron chi connectivity index (χ0n) is 15.5. The van der Waals surface area contributed by atoms with Crippen LogP contribution in [0, 0.1) is 0 Å². The van der Waals surface area contributed by atoms with Crippen LogP contribution < -0.4 is 0 Å². The lowest BCUT2D eigenvalue weighted by atomic mass is 10.1. The number of likely N-dealkylation sites (tertiary alicyclic amines) is 1. The zero-order valence-corrected chi connectivity index (χ0v) is 15.5. The fourth-order valence-electron chi connectivity index (χ4n) is 3.56. The minimum atomic E-state index is -0.0656. The molecular weight excluding hydrogens is 340 g/mol. The van der Waals surface area contributed by atoms with E-state index in [0.717, 1.165) is 36.7 Å². The lowest BCUT2D eigenvalue weighted by Crippen LogP contribution is -2.31. The Labute approximate surface area is 158 Å². The quantitative estimate of drug-likeness (QED) is 0.712. The molecule has 0 saturated carbocycles. The van der Waals surface area contributed by atoms with Crippen molar-refractivity contribution in [3.05, 3.63) is 66.4 Å². The van der Waals surface area contributed by atoms with E-state index in [4.69, 9.17) is 4.98 Å². The van der Waals surface area contributed by atoms with E-state index in [1.54, 1.807) is 43.1 Å². The van der Waals surface area contributed by atoms with E-state index in [0.29, 0.717) is 5.56 Å². The Kier molecular flexibility index (Phi) is 4.66. The minimum Gasteiger partial charge on any atom is -0.330 e. The highest BCUT2D eigenvalue weighted by atomic mass is 16.2. The molecule has 0 bridgehead atoms. The molecule has 1 amide bonds. The van der Waals surface area contributed by atoms with Crippen molar-refractivity contribution in [2.24, 2.45) is 0 Å². The molecular formula is C20H22N6O. The largest absolute Gasteiger partial charge is 0.330 e. The first-order valence-electron chi connectivity index (χ1n) is 9.21. The van der Waals surface area contributed by atoms with Crippen LogP contribution in [0.15, 0.2) is 49.3 Å². The van der Waals surface area contributed by atoms with Gasteiger partial charge in [0.2, 0.25) is 0 Å². The lowest BCUT2D eigenvalue weighted by Gasteiger charge is -2.24. The minimum absolute atomic E-state index is 0.0117. The molecule has 7 heteroatoms. The predicted molar refractivity (Wildman–Crippen MR) is 100 cm³/mol. The summed E-state index contributed by atoms with van der Waals surface area (Å²) in [7, 11) is 0. The van der Waals surface area contributed by atoms with Crippen molar-refractivity contribution in [3.8, 4) is 5.82 Å². The van der Waals surface area contributed by atoms with Crippen LogP contribution in [0.5, 0.6) is 0 Å². The van der Waals surface area contributed by atoms with Gasteiger partial charge in [-0.25, -0.2) is 9.97 Å². The van der Waals surface area contributed by atoms with Crippen LogP contribution in [0.4, 0.5) is 0 Å². The van der Waals surface area contributed by atoms with E-state index in [2.05, 4.69) is 28.8 Å². The predicted octanol–water partition coefficient (Wildman–Crippen LogP) is 3.16. The molecule has 1 saturated heterocycles. The van der Waals surface area contributed by atoms with Crippen molar-refractivity contribution in [2.45, 2.75) is 38.6 Å². The zero-order chi connectivity index (χ0) is 18.8. The monoisotopic (exact) mass is 362 g/mol.